The maximum atomic E-state index is 13.5. The van der Waals surface area contributed by atoms with E-state index in [1.165, 1.54) is 32.4 Å². The van der Waals surface area contributed by atoms with Crippen LogP contribution in [0.15, 0.2) is 41.3 Å². The van der Waals surface area contributed by atoms with Gasteiger partial charge in [-0.3, -0.25) is 0 Å². The molecule has 0 amide bonds. The zero-order valence-corrected chi connectivity index (χ0v) is 12.5. The molecule has 0 unspecified atom stereocenters. The molecule has 0 aliphatic heterocycles. The quantitative estimate of drug-likeness (QED) is 0.789. The molecule has 0 atom stereocenters. The van der Waals surface area contributed by atoms with Crippen molar-refractivity contribution in [3.63, 3.8) is 0 Å². The number of methoxy groups -OCH3 is 2. The van der Waals surface area contributed by atoms with E-state index in [0.29, 0.717) is 11.8 Å². The predicted octanol–water partition coefficient (Wildman–Crippen LogP) is 2.75. The first-order valence-electron chi connectivity index (χ1n) is 5.99. The molecule has 5 nitrogen and oxygen atoms in total. The molecule has 2 rings (SSSR count). The minimum absolute atomic E-state index is 0.173. The summed E-state index contributed by atoms with van der Waals surface area (Å²) in [6, 6.07) is 6.08. The first kappa shape index (κ1) is 16.0. The van der Waals surface area contributed by atoms with Crippen LogP contribution in [0.2, 0.25) is 0 Å². The number of hydrogen-bond acceptors (Lipinski definition) is 5. The van der Waals surface area contributed by atoms with Crippen LogP contribution in [0.25, 0.3) is 0 Å². The van der Waals surface area contributed by atoms with Crippen LogP contribution in [0, 0.1) is 11.6 Å². The summed E-state index contributed by atoms with van der Waals surface area (Å²) in [5.41, 5.74) is 0. The Kier molecular flexibility index (Phi) is 4.51. The third-order valence-corrected chi connectivity index (χ3v) is 3.97. The largest absolute Gasteiger partial charge is 0.493 e. The van der Waals surface area contributed by atoms with Crippen LogP contribution in [0.4, 0.5) is 8.78 Å². The maximum Gasteiger partial charge on any atom is 0.339 e. The topological polar surface area (TPSA) is 61.8 Å². The summed E-state index contributed by atoms with van der Waals surface area (Å²) < 4.78 is 65.2. The van der Waals surface area contributed by atoms with Crippen LogP contribution in [0.5, 0.6) is 17.2 Å². The van der Waals surface area contributed by atoms with Crippen LogP contribution < -0.4 is 13.7 Å². The molecule has 0 bridgehead atoms. The average Bonchev–Trinajstić information content (AvgIpc) is 2.49. The molecular formula is C14H12F2O5S. The second kappa shape index (κ2) is 6.18. The normalized spacial score (nSPS) is 11.1. The lowest BCUT2D eigenvalue weighted by Gasteiger charge is -2.11. The van der Waals surface area contributed by atoms with Crippen LogP contribution in [0.3, 0.4) is 0 Å². The minimum Gasteiger partial charge on any atom is -0.493 e. The lowest BCUT2D eigenvalue weighted by atomic mass is 10.3. The molecule has 0 saturated carbocycles. The fourth-order valence-electron chi connectivity index (χ4n) is 1.68. The van der Waals surface area contributed by atoms with Gasteiger partial charge in [-0.05, 0) is 24.3 Å². The third-order valence-electron chi connectivity index (χ3n) is 2.74. The molecule has 2 aromatic carbocycles. The molecule has 22 heavy (non-hydrogen) atoms. The van der Waals surface area contributed by atoms with Crippen molar-refractivity contribution in [2.75, 3.05) is 14.2 Å². The molecule has 0 spiro atoms. The zero-order valence-electron chi connectivity index (χ0n) is 11.7. The van der Waals surface area contributed by atoms with E-state index in [4.69, 9.17) is 9.47 Å². The van der Waals surface area contributed by atoms with E-state index in [9.17, 15) is 17.2 Å². The Hall–Kier alpha value is -2.35. The highest BCUT2D eigenvalue weighted by atomic mass is 32.2. The molecule has 0 N–H and O–H groups in total. The second-order valence-electron chi connectivity index (χ2n) is 4.13. The van der Waals surface area contributed by atoms with Crippen LogP contribution in [-0.2, 0) is 10.1 Å². The van der Waals surface area contributed by atoms with Gasteiger partial charge in [-0.25, -0.2) is 8.78 Å². The highest BCUT2D eigenvalue weighted by Crippen LogP contribution is 2.31. The average molecular weight is 330 g/mol. The highest BCUT2D eigenvalue weighted by molar-refractivity contribution is 7.87. The molecule has 2 aromatic rings. The van der Waals surface area contributed by atoms with Crippen molar-refractivity contribution in [3.8, 4) is 17.2 Å². The maximum absolute atomic E-state index is 13.5. The van der Waals surface area contributed by atoms with Crippen molar-refractivity contribution >= 4 is 10.1 Å². The smallest absolute Gasteiger partial charge is 0.339 e. The van der Waals surface area contributed by atoms with Gasteiger partial charge < -0.3 is 13.7 Å². The van der Waals surface area contributed by atoms with Gasteiger partial charge in [-0.15, -0.1) is 0 Å². The number of hydrogen-bond donors (Lipinski definition) is 0. The summed E-state index contributed by atoms with van der Waals surface area (Å²) in [5, 5.41) is 0. The first-order valence-corrected chi connectivity index (χ1v) is 7.40. The van der Waals surface area contributed by atoms with Gasteiger partial charge in [-0.1, -0.05) is 0 Å². The summed E-state index contributed by atoms with van der Waals surface area (Å²) >= 11 is 0. The summed E-state index contributed by atoms with van der Waals surface area (Å²) in [6.45, 7) is 0. The fraction of sp³-hybridized carbons (Fsp3) is 0.143. The van der Waals surface area contributed by atoms with Gasteiger partial charge in [0.25, 0.3) is 0 Å². The first-order chi connectivity index (χ1) is 10.4. The van der Waals surface area contributed by atoms with Gasteiger partial charge in [0.15, 0.2) is 23.1 Å². The molecule has 0 saturated heterocycles. The van der Waals surface area contributed by atoms with E-state index < -0.39 is 27.5 Å². The number of rotatable bonds is 5. The summed E-state index contributed by atoms with van der Waals surface area (Å²) in [5.74, 6) is -2.06. The second-order valence-corrected chi connectivity index (χ2v) is 5.68. The van der Waals surface area contributed by atoms with Crippen molar-refractivity contribution in [2.24, 2.45) is 0 Å². The van der Waals surface area contributed by atoms with E-state index >= 15 is 0 Å². The molecule has 0 fully saturated rings. The standard InChI is InChI=1S/C14H12F2O5S/c1-19-13-6-4-10(8-14(13)20-2)22(17,18)21-12-5-3-9(15)7-11(12)16/h3-8H,1-2H3. The Morgan fingerprint density at radius 1 is 0.864 bits per heavy atom. The van der Waals surface area contributed by atoms with E-state index in [1.54, 1.807) is 0 Å². The van der Waals surface area contributed by atoms with E-state index in [2.05, 4.69) is 4.18 Å². The highest BCUT2D eigenvalue weighted by Gasteiger charge is 2.21. The van der Waals surface area contributed by atoms with E-state index in [-0.39, 0.29) is 10.6 Å². The van der Waals surface area contributed by atoms with Crippen molar-refractivity contribution in [3.05, 3.63) is 48.0 Å². The third kappa shape index (κ3) is 3.28. The van der Waals surface area contributed by atoms with Crippen molar-refractivity contribution < 1.29 is 30.9 Å². The molecule has 8 heteroatoms. The summed E-state index contributed by atoms with van der Waals surface area (Å²) in [6.07, 6.45) is 0. The minimum atomic E-state index is -4.30. The lowest BCUT2D eigenvalue weighted by Crippen LogP contribution is -2.11. The van der Waals surface area contributed by atoms with Gasteiger partial charge in [0.05, 0.1) is 14.2 Å². The molecule has 0 aromatic heterocycles. The molecule has 0 aliphatic rings. The Balaban J connectivity index is 2.38. The van der Waals surface area contributed by atoms with Crippen LogP contribution >= 0.6 is 0 Å². The number of ether oxygens (including phenoxy) is 2. The monoisotopic (exact) mass is 330 g/mol. The Bertz CT molecular complexity index is 790. The van der Waals surface area contributed by atoms with Gasteiger partial charge in [0.1, 0.15) is 10.7 Å². The van der Waals surface area contributed by atoms with E-state index in [1.807, 2.05) is 0 Å². The van der Waals surface area contributed by atoms with Crippen molar-refractivity contribution in [1.29, 1.82) is 0 Å². The predicted molar refractivity (Wildman–Crippen MR) is 73.7 cm³/mol. The van der Waals surface area contributed by atoms with Gasteiger partial charge in [0, 0.05) is 12.1 Å². The molecule has 0 aliphatic carbocycles. The Morgan fingerprint density at radius 2 is 1.50 bits per heavy atom. The fourth-order valence-corrected chi connectivity index (χ4v) is 2.64. The zero-order chi connectivity index (χ0) is 16.3. The molecule has 0 radical (unpaired) electrons. The van der Waals surface area contributed by atoms with Gasteiger partial charge in [-0.2, -0.15) is 8.42 Å². The molecular weight excluding hydrogens is 318 g/mol. The van der Waals surface area contributed by atoms with Crippen LogP contribution in [-0.4, -0.2) is 22.6 Å². The van der Waals surface area contributed by atoms with Crippen molar-refractivity contribution in [2.45, 2.75) is 4.90 Å². The van der Waals surface area contributed by atoms with Gasteiger partial charge >= 0.3 is 10.1 Å². The van der Waals surface area contributed by atoms with Crippen molar-refractivity contribution in [1.82, 2.24) is 0 Å². The SMILES string of the molecule is COc1ccc(S(=O)(=O)Oc2ccc(F)cc2F)cc1OC. The summed E-state index contributed by atoms with van der Waals surface area (Å²) in [4.78, 5) is -0.256. The molecule has 118 valence electrons. The van der Waals surface area contributed by atoms with Gasteiger partial charge in [0.2, 0.25) is 0 Å². The summed E-state index contributed by atoms with van der Waals surface area (Å²) in [7, 11) is -1.56. The molecule has 0 heterocycles. The Morgan fingerprint density at radius 3 is 2.09 bits per heavy atom. The number of halogens is 2. The van der Waals surface area contributed by atoms with E-state index in [0.717, 1.165) is 12.1 Å². The number of benzene rings is 2. The van der Waals surface area contributed by atoms with Crippen LogP contribution in [0.1, 0.15) is 0 Å². The Labute approximate surface area is 126 Å². The lowest BCUT2D eigenvalue weighted by molar-refractivity contribution is 0.353.